The molecule has 1 unspecified atom stereocenters. The predicted molar refractivity (Wildman–Crippen MR) is 112 cm³/mol. The van der Waals surface area contributed by atoms with Gasteiger partial charge in [0, 0.05) is 66.6 Å². The van der Waals surface area contributed by atoms with Crippen molar-refractivity contribution in [3.63, 3.8) is 0 Å². The summed E-state index contributed by atoms with van der Waals surface area (Å²) in [6.45, 7) is 5.81. The maximum absolute atomic E-state index is 11.9. The summed E-state index contributed by atoms with van der Waals surface area (Å²) in [5.41, 5.74) is 0. The number of nitrogens with zero attached hydrogens (tertiary/aromatic N) is 3. The van der Waals surface area contributed by atoms with Crippen molar-refractivity contribution in [3.05, 3.63) is 0 Å². The van der Waals surface area contributed by atoms with Crippen molar-refractivity contribution in [1.29, 1.82) is 0 Å². The molecule has 0 bridgehead atoms. The standard InChI is InChI=1S/C20H39N5O3/c1-24(2)19(26)16-22-20(21-15-18-7-4-5-14-28-18)23-17-8-11-25(12-9-17)10-6-13-27-3/h17-18H,4-16H2,1-3H3,(H2,21,22,23). The Balaban J connectivity index is 1.81. The van der Waals surface area contributed by atoms with Crippen molar-refractivity contribution in [1.82, 2.24) is 20.4 Å². The highest BCUT2D eigenvalue weighted by molar-refractivity contribution is 5.84. The molecule has 2 heterocycles. The maximum Gasteiger partial charge on any atom is 0.243 e. The Kier molecular flexibility index (Phi) is 10.6. The summed E-state index contributed by atoms with van der Waals surface area (Å²) < 4.78 is 10.9. The molecule has 2 aliphatic heterocycles. The van der Waals surface area contributed by atoms with Gasteiger partial charge in [-0.1, -0.05) is 0 Å². The molecule has 8 nitrogen and oxygen atoms in total. The van der Waals surface area contributed by atoms with Gasteiger partial charge in [0.05, 0.1) is 6.10 Å². The molecule has 2 saturated heterocycles. The molecule has 2 rings (SSSR count). The van der Waals surface area contributed by atoms with Gasteiger partial charge in [-0.15, -0.1) is 0 Å². The van der Waals surface area contributed by atoms with Crippen LogP contribution >= 0.6 is 0 Å². The van der Waals surface area contributed by atoms with Crippen LogP contribution in [0, 0.1) is 0 Å². The van der Waals surface area contributed by atoms with E-state index in [0.29, 0.717) is 6.04 Å². The van der Waals surface area contributed by atoms with Crippen LogP contribution in [0.1, 0.15) is 38.5 Å². The van der Waals surface area contributed by atoms with Crippen molar-refractivity contribution >= 4 is 11.9 Å². The molecular weight excluding hydrogens is 358 g/mol. The van der Waals surface area contributed by atoms with E-state index in [-0.39, 0.29) is 18.6 Å². The van der Waals surface area contributed by atoms with E-state index in [4.69, 9.17) is 9.47 Å². The minimum atomic E-state index is 0.00276. The third-order valence-corrected chi connectivity index (χ3v) is 5.39. The molecule has 2 N–H and O–H groups in total. The van der Waals surface area contributed by atoms with Gasteiger partial charge in [0.2, 0.25) is 5.91 Å². The number of carbonyl (C=O) groups is 1. The van der Waals surface area contributed by atoms with E-state index in [1.807, 2.05) is 0 Å². The number of hydrogen-bond acceptors (Lipinski definition) is 5. The highest BCUT2D eigenvalue weighted by Crippen LogP contribution is 2.12. The van der Waals surface area contributed by atoms with Gasteiger partial charge in [-0.25, -0.2) is 4.99 Å². The summed E-state index contributed by atoms with van der Waals surface area (Å²) in [7, 11) is 5.27. The van der Waals surface area contributed by atoms with E-state index in [1.54, 1.807) is 26.1 Å². The average Bonchev–Trinajstić information content (AvgIpc) is 2.71. The molecule has 28 heavy (non-hydrogen) atoms. The Hall–Kier alpha value is -1.38. The molecule has 0 aromatic rings. The van der Waals surface area contributed by atoms with Crippen LogP contribution < -0.4 is 10.6 Å². The SMILES string of the molecule is COCCCN1CCC(NC(=NCC(=O)N(C)C)NCC2CCCCO2)CC1. The number of guanidine groups is 1. The Labute approximate surface area is 170 Å². The molecule has 0 aromatic heterocycles. The summed E-state index contributed by atoms with van der Waals surface area (Å²) in [4.78, 5) is 20.5. The molecule has 0 aromatic carbocycles. The summed E-state index contributed by atoms with van der Waals surface area (Å²) in [5, 5.41) is 6.94. The first-order valence-electron chi connectivity index (χ1n) is 10.7. The number of likely N-dealkylation sites (tertiary alicyclic amines) is 1. The molecule has 0 radical (unpaired) electrons. The van der Waals surface area contributed by atoms with Gasteiger partial charge in [0.1, 0.15) is 6.54 Å². The van der Waals surface area contributed by atoms with Gasteiger partial charge >= 0.3 is 0 Å². The normalized spacial score (nSPS) is 22.1. The van der Waals surface area contributed by atoms with E-state index < -0.39 is 0 Å². The minimum absolute atomic E-state index is 0.00276. The summed E-state index contributed by atoms with van der Waals surface area (Å²) in [6, 6.07) is 0.381. The zero-order valence-electron chi connectivity index (χ0n) is 17.9. The van der Waals surface area contributed by atoms with Gasteiger partial charge < -0.3 is 29.9 Å². The molecular formula is C20H39N5O3. The summed E-state index contributed by atoms with van der Waals surface area (Å²) in [5.74, 6) is 0.727. The lowest BCUT2D eigenvalue weighted by molar-refractivity contribution is -0.127. The number of piperidine rings is 1. The number of amides is 1. The van der Waals surface area contributed by atoms with Crippen molar-refractivity contribution in [2.75, 3.05) is 67.1 Å². The second-order valence-electron chi connectivity index (χ2n) is 7.93. The van der Waals surface area contributed by atoms with Crippen LogP contribution in [0.25, 0.3) is 0 Å². The van der Waals surface area contributed by atoms with Gasteiger partial charge in [-0.05, 0) is 38.5 Å². The molecule has 0 aliphatic carbocycles. The molecule has 0 spiro atoms. The lowest BCUT2D eigenvalue weighted by Crippen LogP contribution is -2.50. The van der Waals surface area contributed by atoms with E-state index >= 15 is 0 Å². The zero-order chi connectivity index (χ0) is 20.2. The molecule has 8 heteroatoms. The number of ether oxygens (including phenoxy) is 2. The molecule has 1 atom stereocenters. The average molecular weight is 398 g/mol. The Morgan fingerprint density at radius 1 is 1.25 bits per heavy atom. The van der Waals surface area contributed by atoms with E-state index in [2.05, 4.69) is 20.5 Å². The van der Waals surface area contributed by atoms with Crippen LogP contribution in [0.4, 0.5) is 0 Å². The van der Waals surface area contributed by atoms with Crippen LogP contribution in [0.3, 0.4) is 0 Å². The van der Waals surface area contributed by atoms with Gasteiger partial charge in [0.25, 0.3) is 0 Å². The fraction of sp³-hybridized carbons (Fsp3) is 0.900. The molecule has 0 saturated carbocycles. The fourth-order valence-electron chi connectivity index (χ4n) is 3.55. The van der Waals surface area contributed by atoms with Crippen LogP contribution in [0.5, 0.6) is 0 Å². The lowest BCUT2D eigenvalue weighted by Gasteiger charge is -2.33. The van der Waals surface area contributed by atoms with Gasteiger partial charge in [-0.3, -0.25) is 4.79 Å². The van der Waals surface area contributed by atoms with Crippen molar-refractivity contribution < 1.29 is 14.3 Å². The van der Waals surface area contributed by atoms with E-state index in [9.17, 15) is 4.79 Å². The highest BCUT2D eigenvalue weighted by Gasteiger charge is 2.21. The van der Waals surface area contributed by atoms with E-state index in [0.717, 1.165) is 77.5 Å². The topological polar surface area (TPSA) is 78.4 Å². The molecule has 2 fully saturated rings. The zero-order valence-corrected chi connectivity index (χ0v) is 17.9. The Morgan fingerprint density at radius 2 is 2.04 bits per heavy atom. The largest absolute Gasteiger partial charge is 0.385 e. The van der Waals surface area contributed by atoms with Crippen molar-refractivity contribution in [3.8, 4) is 0 Å². The number of nitrogens with one attached hydrogen (secondary N) is 2. The predicted octanol–water partition coefficient (Wildman–Crippen LogP) is 0.680. The second kappa shape index (κ2) is 13.0. The number of likely N-dealkylation sites (N-methyl/N-ethyl adjacent to an activating group) is 1. The van der Waals surface area contributed by atoms with Gasteiger partial charge in [0.15, 0.2) is 5.96 Å². The van der Waals surface area contributed by atoms with Crippen LogP contribution in [0.15, 0.2) is 4.99 Å². The third-order valence-electron chi connectivity index (χ3n) is 5.39. The Morgan fingerprint density at radius 3 is 2.68 bits per heavy atom. The summed E-state index contributed by atoms with van der Waals surface area (Å²) in [6.07, 6.45) is 6.91. The van der Waals surface area contributed by atoms with Crippen molar-refractivity contribution in [2.24, 2.45) is 4.99 Å². The number of carbonyl (C=O) groups excluding carboxylic acids is 1. The monoisotopic (exact) mass is 397 g/mol. The highest BCUT2D eigenvalue weighted by atomic mass is 16.5. The first-order valence-corrected chi connectivity index (χ1v) is 10.7. The lowest BCUT2D eigenvalue weighted by atomic mass is 10.1. The first-order chi connectivity index (χ1) is 13.6. The molecule has 1 amide bonds. The van der Waals surface area contributed by atoms with E-state index in [1.165, 1.54) is 6.42 Å². The van der Waals surface area contributed by atoms with Gasteiger partial charge in [-0.2, -0.15) is 0 Å². The first kappa shape index (κ1) is 22.9. The number of hydrogen-bond donors (Lipinski definition) is 2. The fourth-order valence-corrected chi connectivity index (χ4v) is 3.55. The molecule has 2 aliphatic rings. The second-order valence-corrected chi connectivity index (χ2v) is 7.93. The van der Waals surface area contributed by atoms with Crippen LogP contribution in [0.2, 0.25) is 0 Å². The Bertz CT molecular complexity index is 472. The quantitative estimate of drug-likeness (QED) is 0.338. The third kappa shape index (κ3) is 8.75. The maximum atomic E-state index is 11.9. The smallest absolute Gasteiger partial charge is 0.243 e. The number of rotatable bonds is 9. The summed E-state index contributed by atoms with van der Waals surface area (Å²) >= 11 is 0. The van der Waals surface area contributed by atoms with Crippen molar-refractivity contribution in [2.45, 2.75) is 50.7 Å². The minimum Gasteiger partial charge on any atom is -0.385 e. The van der Waals surface area contributed by atoms with Crippen LogP contribution in [-0.2, 0) is 14.3 Å². The number of methoxy groups -OCH3 is 1. The van der Waals surface area contributed by atoms with Crippen LogP contribution in [-0.4, -0.2) is 101 Å². The number of aliphatic imine (C=N–C) groups is 1. The molecule has 162 valence electrons.